The van der Waals surface area contributed by atoms with Crippen LogP contribution in [0.2, 0.25) is 0 Å². The van der Waals surface area contributed by atoms with Crippen molar-refractivity contribution >= 4 is 11.8 Å². The van der Waals surface area contributed by atoms with Crippen LogP contribution in [0.5, 0.6) is 0 Å². The SMILES string of the molecule is CCCCC(=O)N1CCN(C(=O)CC(C)c2ccc(F)cc2)CC1. The van der Waals surface area contributed by atoms with Gasteiger partial charge in [0.05, 0.1) is 0 Å². The third-order valence-corrected chi connectivity index (χ3v) is 4.65. The number of halogens is 1. The number of piperazine rings is 1. The van der Waals surface area contributed by atoms with Gasteiger partial charge >= 0.3 is 0 Å². The van der Waals surface area contributed by atoms with E-state index in [1.807, 2.05) is 16.7 Å². The Labute approximate surface area is 143 Å². The molecule has 1 unspecified atom stereocenters. The van der Waals surface area contributed by atoms with Crippen LogP contribution in [-0.2, 0) is 9.59 Å². The average Bonchev–Trinajstić information content (AvgIpc) is 2.60. The summed E-state index contributed by atoms with van der Waals surface area (Å²) in [7, 11) is 0. The lowest BCUT2D eigenvalue weighted by Crippen LogP contribution is -2.50. The van der Waals surface area contributed by atoms with Crippen molar-refractivity contribution in [3.63, 3.8) is 0 Å². The second-order valence-corrected chi connectivity index (χ2v) is 6.52. The maximum atomic E-state index is 13.0. The molecule has 0 aromatic heterocycles. The highest BCUT2D eigenvalue weighted by atomic mass is 19.1. The molecule has 24 heavy (non-hydrogen) atoms. The van der Waals surface area contributed by atoms with Gasteiger partial charge in [0.1, 0.15) is 5.82 Å². The van der Waals surface area contributed by atoms with Crippen LogP contribution in [0.15, 0.2) is 24.3 Å². The molecule has 1 fully saturated rings. The standard InChI is InChI=1S/C19H27FN2O2/c1-3-4-5-18(23)21-10-12-22(13-11-21)19(24)14-15(2)16-6-8-17(20)9-7-16/h6-9,15H,3-5,10-14H2,1-2H3. The van der Waals surface area contributed by atoms with Crippen LogP contribution in [0, 0.1) is 5.82 Å². The Bertz CT molecular complexity index is 551. The highest BCUT2D eigenvalue weighted by molar-refractivity contribution is 5.79. The molecular formula is C19H27FN2O2. The van der Waals surface area contributed by atoms with E-state index < -0.39 is 0 Å². The molecule has 1 aliphatic rings. The minimum absolute atomic E-state index is 0.0577. The first-order valence-electron chi connectivity index (χ1n) is 8.82. The van der Waals surface area contributed by atoms with Crippen molar-refractivity contribution < 1.29 is 14.0 Å². The van der Waals surface area contributed by atoms with Crippen LogP contribution in [0.4, 0.5) is 4.39 Å². The zero-order valence-electron chi connectivity index (χ0n) is 14.6. The van der Waals surface area contributed by atoms with Crippen molar-refractivity contribution in [3.8, 4) is 0 Å². The molecule has 132 valence electrons. The van der Waals surface area contributed by atoms with Crippen LogP contribution in [0.1, 0.15) is 51.0 Å². The van der Waals surface area contributed by atoms with E-state index in [1.165, 1.54) is 12.1 Å². The molecule has 4 nitrogen and oxygen atoms in total. The number of unbranched alkanes of at least 4 members (excludes halogenated alkanes) is 1. The molecule has 1 atom stereocenters. The van der Waals surface area contributed by atoms with E-state index in [2.05, 4.69) is 6.92 Å². The fourth-order valence-corrected chi connectivity index (χ4v) is 2.99. The molecule has 0 N–H and O–H groups in total. The van der Waals surface area contributed by atoms with Gasteiger partial charge in [0.15, 0.2) is 0 Å². The van der Waals surface area contributed by atoms with Crippen LogP contribution < -0.4 is 0 Å². The van der Waals surface area contributed by atoms with Gasteiger partial charge in [0.25, 0.3) is 0 Å². The number of hydrogen-bond donors (Lipinski definition) is 0. The Morgan fingerprint density at radius 3 is 2.12 bits per heavy atom. The number of nitrogens with zero attached hydrogens (tertiary/aromatic N) is 2. The molecule has 0 spiro atoms. The van der Waals surface area contributed by atoms with Crippen molar-refractivity contribution in [1.29, 1.82) is 0 Å². The number of carbonyl (C=O) groups excluding carboxylic acids is 2. The fourth-order valence-electron chi connectivity index (χ4n) is 2.99. The lowest BCUT2D eigenvalue weighted by atomic mass is 9.97. The maximum absolute atomic E-state index is 13.0. The number of rotatable bonds is 6. The smallest absolute Gasteiger partial charge is 0.223 e. The van der Waals surface area contributed by atoms with Gasteiger partial charge in [-0.3, -0.25) is 9.59 Å². The van der Waals surface area contributed by atoms with Crippen molar-refractivity contribution in [2.45, 2.75) is 45.4 Å². The van der Waals surface area contributed by atoms with E-state index in [4.69, 9.17) is 0 Å². The number of amides is 2. The topological polar surface area (TPSA) is 40.6 Å². The molecule has 5 heteroatoms. The summed E-state index contributed by atoms with van der Waals surface area (Å²) >= 11 is 0. The quantitative estimate of drug-likeness (QED) is 0.802. The summed E-state index contributed by atoms with van der Waals surface area (Å²) in [6, 6.07) is 6.32. The van der Waals surface area contributed by atoms with Crippen LogP contribution in [0.25, 0.3) is 0 Å². The Morgan fingerprint density at radius 2 is 1.58 bits per heavy atom. The molecular weight excluding hydrogens is 307 g/mol. The predicted octanol–water partition coefficient (Wildman–Crippen LogP) is 3.18. The summed E-state index contributed by atoms with van der Waals surface area (Å²) in [5, 5.41) is 0. The van der Waals surface area contributed by atoms with E-state index >= 15 is 0 Å². The van der Waals surface area contributed by atoms with Gasteiger partial charge in [-0.2, -0.15) is 0 Å². The number of hydrogen-bond acceptors (Lipinski definition) is 2. The van der Waals surface area contributed by atoms with Gasteiger partial charge in [-0.1, -0.05) is 32.4 Å². The first kappa shape index (κ1) is 18.4. The number of benzene rings is 1. The summed E-state index contributed by atoms with van der Waals surface area (Å²) in [4.78, 5) is 28.2. The third kappa shape index (κ3) is 5.05. The summed E-state index contributed by atoms with van der Waals surface area (Å²) < 4.78 is 13.0. The van der Waals surface area contributed by atoms with Crippen LogP contribution in [-0.4, -0.2) is 47.8 Å². The van der Waals surface area contributed by atoms with E-state index in [1.54, 1.807) is 12.1 Å². The van der Waals surface area contributed by atoms with Crippen LogP contribution in [0.3, 0.4) is 0 Å². The molecule has 1 heterocycles. The molecule has 0 aliphatic carbocycles. The lowest BCUT2D eigenvalue weighted by molar-refractivity contribution is -0.139. The number of carbonyl (C=O) groups is 2. The summed E-state index contributed by atoms with van der Waals surface area (Å²) in [6.45, 7) is 6.51. The first-order valence-corrected chi connectivity index (χ1v) is 8.82. The highest BCUT2D eigenvalue weighted by Crippen LogP contribution is 2.21. The molecule has 1 aliphatic heterocycles. The van der Waals surface area contributed by atoms with Crippen molar-refractivity contribution in [1.82, 2.24) is 9.80 Å². The summed E-state index contributed by atoms with van der Waals surface area (Å²) in [5.74, 6) is 0.0968. The Morgan fingerprint density at radius 1 is 1.04 bits per heavy atom. The van der Waals surface area contributed by atoms with Gasteiger partial charge in [-0.15, -0.1) is 0 Å². The monoisotopic (exact) mass is 334 g/mol. The summed E-state index contributed by atoms with van der Waals surface area (Å²) in [5.41, 5.74) is 0.970. The second kappa shape index (κ2) is 8.81. The van der Waals surface area contributed by atoms with Gasteiger partial charge in [0.2, 0.25) is 11.8 Å². The Balaban J connectivity index is 1.80. The molecule has 1 aromatic carbocycles. The normalized spacial score (nSPS) is 16.1. The maximum Gasteiger partial charge on any atom is 0.223 e. The summed E-state index contributed by atoms with van der Waals surface area (Å²) in [6.07, 6.45) is 2.96. The first-order chi connectivity index (χ1) is 11.5. The van der Waals surface area contributed by atoms with Crippen LogP contribution >= 0.6 is 0 Å². The zero-order valence-corrected chi connectivity index (χ0v) is 14.6. The van der Waals surface area contributed by atoms with E-state index in [9.17, 15) is 14.0 Å². The average molecular weight is 334 g/mol. The second-order valence-electron chi connectivity index (χ2n) is 6.52. The highest BCUT2D eigenvalue weighted by Gasteiger charge is 2.24. The van der Waals surface area contributed by atoms with E-state index in [0.29, 0.717) is 39.0 Å². The van der Waals surface area contributed by atoms with Gasteiger partial charge in [-0.25, -0.2) is 4.39 Å². The fraction of sp³-hybridized carbons (Fsp3) is 0.579. The largest absolute Gasteiger partial charge is 0.339 e. The molecule has 2 rings (SSSR count). The minimum Gasteiger partial charge on any atom is -0.339 e. The van der Waals surface area contributed by atoms with Crippen molar-refractivity contribution in [2.24, 2.45) is 0 Å². The van der Waals surface area contributed by atoms with Crippen molar-refractivity contribution in [3.05, 3.63) is 35.6 Å². The Hall–Kier alpha value is -1.91. The molecule has 1 aromatic rings. The lowest BCUT2D eigenvalue weighted by Gasteiger charge is -2.35. The van der Waals surface area contributed by atoms with Gasteiger partial charge < -0.3 is 9.80 Å². The molecule has 0 bridgehead atoms. The molecule has 0 saturated carbocycles. The molecule has 2 amide bonds. The molecule has 0 radical (unpaired) electrons. The van der Waals surface area contributed by atoms with Crippen molar-refractivity contribution in [2.75, 3.05) is 26.2 Å². The zero-order chi connectivity index (χ0) is 17.5. The Kier molecular flexibility index (Phi) is 6.76. The van der Waals surface area contributed by atoms with E-state index in [0.717, 1.165) is 18.4 Å². The molecule has 1 saturated heterocycles. The predicted molar refractivity (Wildman–Crippen MR) is 92.1 cm³/mol. The van der Waals surface area contributed by atoms with Gasteiger partial charge in [-0.05, 0) is 30.0 Å². The minimum atomic E-state index is -0.263. The third-order valence-electron chi connectivity index (χ3n) is 4.65. The van der Waals surface area contributed by atoms with Gasteiger partial charge in [0, 0.05) is 39.0 Å². The van der Waals surface area contributed by atoms with E-state index in [-0.39, 0.29) is 23.5 Å².